The Morgan fingerprint density at radius 2 is 2.17 bits per heavy atom. The zero-order valence-corrected chi connectivity index (χ0v) is 10.3. The lowest BCUT2D eigenvalue weighted by molar-refractivity contribution is -0.122. The summed E-state index contributed by atoms with van der Waals surface area (Å²) >= 11 is 0. The molecule has 1 fully saturated rings. The Labute approximate surface area is 105 Å². The maximum Gasteiger partial charge on any atom is 0.243 e. The monoisotopic (exact) mass is 251 g/mol. The van der Waals surface area contributed by atoms with Gasteiger partial charge in [-0.2, -0.15) is 0 Å². The third-order valence-corrected chi connectivity index (χ3v) is 2.98. The summed E-state index contributed by atoms with van der Waals surface area (Å²) in [6.45, 7) is 4.27. The second-order valence-corrected chi connectivity index (χ2v) is 4.41. The first-order valence-corrected chi connectivity index (χ1v) is 5.77. The van der Waals surface area contributed by atoms with Gasteiger partial charge in [0.25, 0.3) is 0 Å². The molecule has 0 saturated carbocycles. The minimum atomic E-state index is -1.29. The molecule has 1 aromatic heterocycles. The second-order valence-electron chi connectivity index (χ2n) is 4.41. The van der Waals surface area contributed by atoms with E-state index in [1.165, 1.54) is 0 Å². The van der Waals surface area contributed by atoms with Crippen LogP contribution < -0.4 is 16.4 Å². The minimum absolute atomic E-state index is 0.423. The number of nitrogens with two attached hydrogens (primary N) is 2. The van der Waals surface area contributed by atoms with E-state index in [0.717, 1.165) is 13.1 Å². The van der Waals surface area contributed by atoms with Gasteiger partial charge >= 0.3 is 0 Å². The van der Waals surface area contributed by atoms with Gasteiger partial charge in [-0.05, 0) is 13.0 Å². The molecule has 0 unspecified atom stereocenters. The van der Waals surface area contributed by atoms with Gasteiger partial charge in [0.05, 0.1) is 18.9 Å². The molecule has 1 aliphatic rings. The number of nitrogens with zero attached hydrogens (tertiary/aromatic N) is 3. The van der Waals surface area contributed by atoms with Crippen LogP contribution in [0.4, 0.5) is 5.95 Å². The summed E-state index contributed by atoms with van der Waals surface area (Å²) in [4.78, 5) is 21.8. The third kappa shape index (κ3) is 2.41. The van der Waals surface area contributed by atoms with E-state index in [4.69, 9.17) is 16.2 Å². The van der Waals surface area contributed by atoms with Crippen molar-refractivity contribution < 1.29 is 9.53 Å². The molecule has 98 valence electrons. The van der Waals surface area contributed by atoms with E-state index in [2.05, 4.69) is 9.97 Å². The molecule has 1 aromatic rings. The number of carbonyl (C=O) groups is 1. The number of morpholine rings is 1. The van der Waals surface area contributed by atoms with E-state index in [1.807, 2.05) is 4.90 Å². The molecule has 1 atom stereocenters. The zero-order valence-electron chi connectivity index (χ0n) is 10.3. The van der Waals surface area contributed by atoms with Crippen LogP contribution in [0.15, 0.2) is 12.3 Å². The second kappa shape index (κ2) is 4.87. The molecule has 1 saturated heterocycles. The first-order valence-electron chi connectivity index (χ1n) is 5.77. The summed E-state index contributed by atoms with van der Waals surface area (Å²) in [6, 6.07) is 1.61. The number of amides is 1. The van der Waals surface area contributed by atoms with Crippen molar-refractivity contribution >= 4 is 11.9 Å². The maximum atomic E-state index is 11.3. The fourth-order valence-corrected chi connectivity index (χ4v) is 1.68. The van der Waals surface area contributed by atoms with E-state index in [0.29, 0.717) is 24.9 Å². The average Bonchev–Trinajstić information content (AvgIpc) is 2.40. The highest BCUT2D eigenvalue weighted by Crippen LogP contribution is 2.17. The molecule has 0 radical (unpaired) electrons. The Morgan fingerprint density at radius 1 is 1.50 bits per heavy atom. The van der Waals surface area contributed by atoms with Crippen LogP contribution in [0, 0.1) is 0 Å². The normalized spacial score (nSPS) is 19.3. The molecule has 0 aromatic carbocycles. The van der Waals surface area contributed by atoms with Crippen molar-refractivity contribution in [2.45, 2.75) is 12.5 Å². The average molecular weight is 251 g/mol. The molecule has 0 bridgehead atoms. The smallest absolute Gasteiger partial charge is 0.243 e. The van der Waals surface area contributed by atoms with Gasteiger partial charge in [-0.25, -0.2) is 9.97 Å². The molecule has 0 spiro atoms. The first-order chi connectivity index (χ1) is 8.51. The van der Waals surface area contributed by atoms with Crippen molar-refractivity contribution in [1.82, 2.24) is 9.97 Å². The van der Waals surface area contributed by atoms with Gasteiger partial charge in [-0.3, -0.25) is 4.79 Å². The Kier molecular flexibility index (Phi) is 3.44. The Morgan fingerprint density at radius 3 is 2.78 bits per heavy atom. The van der Waals surface area contributed by atoms with E-state index in [9.17, 15) is 4.79 Å². The number of hydrogen-bond donors (Lipinski definition) is 2. The summed E-state index contributed by atoms with van der Waals surface area (Å²) in [5.74, 6) is -0.0668. The molecule has 2 rings (SSSR count). The standard InChI is InChI=1S/C11H17N5O2/c1-11(13,9(12)17)8-2-3-14-10(15-8)16-4-6-18-7-5-16/h2-3H,4-7,13H2,1H3,(H2,12,17)/t11-/m1/s1. The minimum Gasteiger partial charge on any atom is -0.378 e. The first kappa shape index (κ1) is 12.7. The van der Waals surface area contributed by atoms with Crippen LogP contribution in [0.2, 0.25) is 0 Å². The fraction of sp³-hybridized carbons (Fsp3) is 0.545. The molecule has 7 nitrogen and oxygen atoms in total. The van der Waals surface area contributed by atoms with Gasteiger partial charge in [0.1, 0.15) is 5.54 Å². The van der Waals surface area contributed by atoms with Crippen LogP contribution in [-0.4, -0.2) is 42.2 Å². The summed E-state index contributed by atoms with van der Waals surface area (Å²) in [6.07, 6.45) is 1.58. The number of aromatic nitrogens is 2. The van der Waals surface area contributed by atoms with Crippen LogP contribution in [-0.2, 0) is 15.1 Å². The van der Waals surface area contributed by atoms with Crippen molar-refractivity contribution in [3.63, 3.8) is 0 Å². The summed E-state index contributed by atoms with van der Waals surface area (Å²) in [5, 5.41) is 0. The van der Waals surface area contributed by atoms with Crippen molar-refractivity contribution in [2.75, 3.05) is 31.2 Å². The van der Waals surface area contributed by atoms with Gasteiger partial charge in [-0.1, -0.05) is 0 Å². The lowest BCUT2D eigenvalue weighted by Gasteiger charge is -2.28. The molecule has 18 heavy (non-hydrogen) atoms. The number of ether oxygens (including phenoxy) is 1. The van der Waals surface area contributed by atoms with E-state index >= 15 is 0 Å². The van der Waals surface area contributed by atoms with Crippen LogP contribution in [0.1, 0.15) is 12.6 Å². The van der Waals surface area contributed by atoms with Gasteiger partial charge in [0, 0.05) is 19.3 Å². The van der Waals surface area contributed by atoms with Gasteiger partial charge in [0.15, 0.2) is 0 Å². The van der Waals surface area contributed by atoms with Crippen molar-refractivity contribution in [3.05, 3.63) is 18.0 Å². The summed E-state index contributed by atoms with van der Waals surface area (Å²) < 4.78 is 5.26. The van der Waals surface area contributed by atoms with Crippen molar-refractivity contribution in [1.29, 1.82) is 0 Å². The van der Waals surface area contributed by atoms with Crippen LogP contribution in [0.25, 0.3) is 0 Å². The van der Waals surface area contributed by atoms with E-state index < -0.39 is 11.4 Å². The quantitative estimate of drug-likeness (QED) is 0.711. The number of hydrogen-bond acceptors (Lipinski definition) is 6. The molecule has 1 aliphatic heterocycles. The highest BCUT2D eigenvalue weighted by atomic mass is 16.5. The molecule has 0 aliphatic carbocycles. The Balaban J connectivity index is 2.27. The molecule has 7 heteroatoms. The molecule has 1 amide bonds. The SMILES string of the molecule is C[C@](N)(C(N)=O)c1ccnc(N2CCOCC2)n1. The lowest BCUT2D eigenvalue weighted by atomic mass is 9.98. The van der Waals surface area contributed by atoms with Crippen molar-refractivity contribution in [2.24, 2.45) is 11.5 Å². The van der Waals surface area contributed by atoms with Crippen LogP contribution >= 0.6 is 0 Å². The Hall–Kier alpha value is -1.73. The van der Waals surface area contributed by atoms with E-state index in [-0.39, 0.29) is 0 Å². The summed E-state index contributed by atoms with van der Waals surface area (Å²) in [7, 11) is 0. The number of carbonyl (C=O) groups excluding carboxylic acids is 1. The topological polar surface area (TPSA) is 107 Å². The number of primary amides is 1. The van der Waals surface area contributed by atoms with Crippen LogP contribution in [0.3, 0.4) is 0 Å². The van der Waals surface area contributed by atoms with E-state index in [1.54, 1.807) is 19.2 Å². The molecule has 2 heterocycles. The van der Waals surface area contributed by atoms with Gasteiger partial charge in [-0.15, -0.1) is 0 Å². The maximum absolute atomic E-state index is 11.3. The Bertz CT molecular complexity index is 443. The molecule has 4 N–H and O–H groups in total. The summed E-state index contributed by atoms with van der Waals surface area (Å²) in [5.41, 5.74) is 10.3. The highest BCUT2D eigenvalue weighted by Gasteiger charge is 2.30. The number of rotatable bonds is 3. The molecular formula is C11H17N5O2. The predicted molar refractivity (Wildman–Crippen MR) is 65.8 cm³/mol. The molecular weight excluding hydrogens is 234 g/mol. The number of anilines is 1. The van der Waals surface area contributed by atoms with Gasteiger partial charge < -0.3 is 21.1 Å². The van der Waals surface area contributed by atoms with Crippen LogP contribution in [0.5, 0.6) is 0 Å². The van der Waals surface area contributed by atoms with Crippen molar-refractivity contribution in [3.8, 4) is 0 Å². The highest BCUT2D eigenvalue weighted by molar-refractivity contribution is 5.84. The third-order valence-electron chi connectivity index (χ3n) is 2.98. The largest absolute Gasteiger partial charge is 0.378 e. The predicted octanol–water partition coefficient (Wildman–Crippen LogP) is -1.03. The lowest BCUT2D eigenvalue weighted by Crippen LogP contribution is -2.47. The van der Waals surface area contributed by atoms with Gasteiger partial charge in [0.2, 0.25) is 11.9 Å². The zero-order chi connectivity index (χ0) is 13.2. The fourth-order valence-electron chi connectivity index (χ4n) is 1.68.